The lowest BCUT2D eigenvalue weighted by Gasteiger charge is -2.13. The van der Waals surface area contributed by atoms with Crippen LogP contribution in [0, 0.1) is 0 Å². The highest BCUT2D eigenvalue weighted by atomic mass is 16.6. The molecule has 0 amide bonds. The third-order valence-electron chi connectivity index (χ3n) is 2.97. The van der Waals surface area contributed by atoms with Gasteiger partial charge >= 0.3 is 5.97 Å². The molecule has 0 radical (unpaired) electrons. The van der Waals surface area contributed by atoms with Gasteiger partial charge in [-0.25, -0.2) is 4.79 Å². The van der Waals surface area contributed by atoms with Crippen LogP contribution >= 0.6 is 0 Å². The second-order valence-corrected chi connectivity index (χ2v) is 4.22. The molecule has 0 bridgehead atoms. The molecule has 0 aliphatic rings. The first-order valence-corrected chi connectivity index (χ1v) is 6.23. The molecule has 2 N–H and O–H groups in total. The van der Waals surface area contributed by atoms with Crippen LogP contribution in [0.1, 0.15) is 5.56 Å². The number of esters is 1. The monoisotopic (exact) mass is 288 g/mol. The summed E-state index contributed by atoms with van der Waals surface area (Å²) in [4.78, 5) is 11.3. The Morgan fingerprint density at radius 3 is 2.71 bits per heavy atom. The van der Waals surface area contributed by atoms with E-state index in [4.69, 9.17) is 15.3 Å². The highest BCUT2D eigenvalue weighted by Gasteiger charge is 2.12. The fraction of sp³-hybridized carbons (Fsp3) is 0.200. The second-order valence-electron chi connectivity index (χ2n) is 4.22. The summed E-state index contributed by atoms with van der Waals surface area (Å²) in [5.74, 6) is 5.72. The predicted molar refractivity (Wildman–Crippen MR) is 79.8 cm³/mol. The number of hydrogen-bond acceptors (Lipinski definition) is 6. The number of hydrogen-bond donors (Lipinski definition) is 1. The van der Waals surface area contributed by atoms with Gasteiger partial charge in [-0.05, 0) is 23.1 Å². The number of benzene rings is 2. The minimum Gasteiger partial charge on any atom is -0.493 e. The van der Waals surface area contributed by atoms with Crippen molar-refractivity contribution in [1.82, 2.24) is 0 Å². The van der Waals surface area contributed by atoms with E-state index < -0.39 is 5.97 Å². The smallest absolute Gasteiger partial charge is 0.343 e. The Morgan fingerprint density at radius 1 is 1.29 bits per heavy atom. The molecule has 2 aromatic rings. The molecule has 0 aliphatic carbocycles. The van der Waals surface area contributed by atoms with Gasteiger partial charge < -0.3 is 20.1 Å². The van der Waals surface area contributed by atoms with Crippen molar-refractivity contribution in [1.29, 1.82) is 0 Å². The van der Waals surface area contributed by atoms with Crippen LogP contribution in [0.5, 0.6) is 11.5 Å². The fourth-order valence-corrected chi connectivity index (χ4v) is 1.96. The van der Waals surface area contributed by atoms with Crippen molar-refractivity contribution in [3.63, 3.8) is 0 Å². The molecule has 110 valence electrons. The van der Waals surface area contributed by atoms with E-state index in [0.717, 1.165) is 16.3 Å². The lowest BCUT2D eigenvalue weighted by molar-refractivity contribution is -0.142. The van der Waals surface area contributed by atoms with Gasteiger partial charge in [-0.1, -0.05) is 18.2 Å². The molecule has 0 aromatic heterocycles. The predicted octanol–water partition coefficient (Wildman–Crippen LogP) is 1.69. The number of nitrogens with two attached hydrogens (primary N) is 1. The third-order valence-corrected chi connectivity index (χ3v) is 2.97. The normalized spacial score (nSPS) is 10.8. The SMILES string of the molecule is COC(=O)COc1c(OC)ccc2ccc(C=NN)cc12. The minimum atomic E-state index is -0.464. The topological polar surface area (TPSA) is 83.1 Å². The zero-order valence-electron chi connectivity index (χ0n) is 11.8. The van der Waals surface area contributed by atoms with Crippen LogP contribution in [0.4, 0.5) is 0 Å². The molecule has 21 heavy (non-hydrogen) atoms. The van der Waals surface area contributed by atoms with Crippen LogP contribution in [0.3, 0.4) is 0 Å². The molecule has 0 atom stereocenters. The van der Waals surface area contributed by atoms with E-state index in [1.807, 2.05) is 24.3 Å². The van der Waals surface area contributed by atoms with Crippen molar-refractivity contribution in [2.75, 3.05) is 20.8 Å². The number of ether oxygens (including phenoxy) is 3. The van der Waals surface area contributed by atoms with Crippen LogP contribution in [-0.2, 0) is 9.53 Å². The van der Waals surface area contributed by atoms with Crippen LogP contribution in [0.2, 0.25) is 0 Å². The first-order chi connectivity index (χ1) is 10.2. The summed E-state index contributed by atoms with van der Waals surface area (Å²) in [6, 6.07) is 9.35. The summed E-state index contributed by atoms with van der Waals surface area (Å²) < 4.78 is 15.4. The minimum absolute atomic E-state index is 0.193. The van der Waals surface area contributed by atoms with E-state index >= 15 is 0 Å². The van der Waals surface area contributed by atoms with E-state index in [9.17, 15) is 4.79 Å². The zero-order chi connectivity index (χ0) is 15.2. The standard InChI is InChI=1S/C15H16N2O4/c1-19-13-6-5-11-4-3-10(8-17-16)7-12(11)15(13)21-9-14(18)20-2/h3-8H,9,16H2,1-2H3. The Kier molecular flexibility index (Phi) is 4.61. The summed E-state index contributed by atoms with van der Waals surface area (Å²) in [6.07, 6.45) is 1.53. The van der Waals surface area contributed by atoms with E-state index in [2.05, 4.69) is 9.84 Å². The van der Waals surface area contributed by atoms with E-state index in [-0.39, 0.29) is 6.61 Å². The van der Waals surface area contributed by atoms with Crippen molar-refractivity contribution < 1.29 is 19.0 Å². The molecule has 0 heterocycles. The van der Waals surface area contributed by atoms with Crippen molar-refractivity contribution in [3.8, 4) is 11.5 Å². The molecule has 0 spiro atoms. The molecular weight excluding hydrogens is 272 g/mol. The van der Waals surface area contributed by atoms with Gasteiger partial charge in [0.2, 0.25) is 0 Å². The van der Waals surface area contributed by atoms with Crippen molar-refractivity contribution in [3.05, 3.63) is 35.9 Å². The molecule has 0 saturated carbocycles. The summed E-state index contributed by atoms with van der Waals surface area (Å²) in [5, 5.41) is 5.25. The number of methoxy groups -OCH3 is 2. The number of hydrazone groups is 1. The highest BCUT2D eigenvalue weighted by Crippen LogP contribution is 2.36. The maximum absolute atomic E-state index is 11.3. The quantitative estimate of drug-likeness (QED) is 0.392. The van der Waals surface area contributed by atoms with Crippen molar-refractivity contribution in [2.45, 2.75) is 0 Å². The average Bonchev–Trinajstić information content (AvgIpc) is 2.52. The molecule has 0 unspecified atom stereocenters. The van der Waals surface area contributed by atoms with E-state index in [1.165, 1.54) is 20.4 Å². The molecule has 6 heteroatoms. The Bertz CT molecular complexity index is 683. The molecule has 0 fully saturated rings. The zero-order valence-corrected chi connectivity index (χ0v) is 11.8. The van der Waals surface area contributed by atoms with Gasteiger partial charge in [-0.2, -0.15) is 5.10 Å². The summed E-state index contributed by atoms with van der Waals surface area (Å²) in [5.41, 5.74) is 0.821. The number of rotatable bonds is 5. The van der Waals surface area contributed by atoms with Gasteiger partial charge in [0.1, 0.15) is 0 Å². The lowest BCUT2D eigenvalue weighted by Crippen LogP contribution is -2.13. The van der Waals surface area contributed by atoms with Gasteiger partial charge in [0.25, 0.3) is 0 Å². The van der Waals surface area contributed by atoms with Gasteiger partial charge in [0.05, 0.1) is 20.4 Å². The summed E-state index contributed by atoms with van der Waals surface area (Å²) in [7, 11) is 2.85. The molecule has 2 rings (SSSR count). The first-order valence-electron chi connectivity index (χ1n) is 6.23. The van der Waals surface area contributed by atoms with Crippen LogP contribution in [-0.4, -0.2) is 33.0 Å². The number of carbonyl (C=O) groups excluding carboxylic acids is 1. The summed E-state index contributed by atoms with van der Waals surface area (Å²) in [6.45, 7) is -0.193. The van der Waals surface area contributed by atoms with Gasteiger partial charge in [-0.15, -0.1) is 0 Å². The van der Waals surface area contributed by atoms with Crippen molar-refractivity contribution in [2.24, 2.45) is 10.9 Å². The fourth-order valence-electron chi connectivity index (χ4n) is 1.96. The average molecular weight is 288 g/mol. The summed E-state index contributed by atoms with van der Waals surface area (Å²) >= 11 is 0. The highest BCUT2D eigenvalue weighted by molar-refractivity contribution is 5.95. The Morgan fingerprint density at radius 2 is 2.05 bits per heavy atom. The second kappa shape index (κ2) is 6.60. The number of fused-ring (bicyclic) bond motifs is 1. The van der Waals surface area contributed by atoms with Crippen molar-refractivity contribution >= 4 is 23.0 Å². The number of nitrogens with zero attached hydrogens (tertiary/aromatic N) is 1. The number of carbonyl (C=O) groups is 1. The van der Waals surface area contributed by atoms with E-state index in [0.29, 0.717) is 11.5 Å². The molecule has 0 aliphatic heterocycles. The van der Waals surface area contributed by atoms with Crippen LogP contribution in [0.25, 0.3) is 10.8 Å². The van der Waals surface area contributed by atoms with Crippen LogP contribution in [0.15, 0.2) is 35.4 Å². The lowest BCUT2D eigenvalue weighted by atomic mass is 10.1. The largest absolute Gasteiger partial charge is 0.493 e. The third kappa shape index (κ3) is 3.22. The van der Waals surface area contributed by atoms with Gasteiger partial charge in [0, 0.05) is 5.39 Å². The maximum Gasteiger partial charge on any atom is 0.343 e. The van der Waals surface area contributed by atoms with Gasteiger partial charge in [-0.3, -0.25) is 0 Å². The molecule has 6 nitrogen and oxygen atoms in total. The Labute approximate surface area is 122 Å². The Hall–Kier alpha value is -2.76. The first kappa shape index (κ1) is 14.6. The molecule has 2 aromatic carbocycles. The van der Waals surface area contributed by atoms with E-state index in [1.54, 1.807) is 6.07 Å². The Balaban J connectivity index is 2.50. The van der Waals surface area contributed by atoms with Gasteiger partial charge in [0.15, 0.2) is 18.1 Å². The maximum atomic E-state index is 11.3. The molecule has 0 saturated heterocycles. The van der Waals surface area contributed by atoms with Crippen LogP contribution < -0.4 is 15.3 Å². The molecular formula is C15H16N2O4.